The van der Waals surface area contributed by atoms with E-state index in [1.54, 1.807) is 10.7 Å². The molecule has 0 fully saturated rings. The molecule has 0 saturated heterocycles. The SMILES string of the molecule is CC(C)=Nc1c(C)cc(-c2ccn3nc(NCCCC(C)C)ncc23)cc1F. The first kappa shape index (κ1) is 20.0. The van der Waals surface area contributed by atoms with Crippen LogP contribution in [0.2, 0.25) is 0 Å². The standard InChI is InChI=1S/C22H28FN5/c1-14(2)7-6-9-24-22-25-13-20-18(8-10-28(20)27-22)17-11-16(5)21(19(23)12-17)26-15(3)4/h8,10-14H,6-7,9H2,1-5H3,(H,24,27). The van der Waals surface area contributed by atoms with Crippen LogP contribution in [0.3, 0.4) is 0 Å². The maximum atomic E-state index is 14.6. The Bertz CT molecular complexity index is 976. The molecule has 1 aromatic carbocycles. The number of nitrogens with zero attached hydrogens (tertiary/aromatic N) is 4. The summed E-state index contributed by atoms with van der Waals surface area (Å²) in [5, 5.41) is 7.79. The fraction of sp³-hybridized carbons (Fsp3) is 0.409. The second-order valence-corrected chi connectivity index (χ2v) is 7.79. The monoisotopic (exact) mass is 381 g/mol. The van der Waals surface area contributed by atoms with E-state index in [0.29, 0.717) is 17.6 Å². The van der Waals surface area contributed by atoms with Crippen LogP contribution in [-0.4, -0.2) is 26.9 Å². The smallest absolute Gasteiger partial charge is 0.240 e. The van der Waals surface area contributed by atoms with Gasteiger partial charge in [0.05, 0.1) is 11.7 Å². The van der Waals surface area contributed by atoms with Gasteiger partial charge in [0.2, 0.25) is 5.95 Å². The second-order valence-electron chi connectivity index (χ2n) is 7.79. The van der Waals surface area contributed by atoms with Gasteiger partial charge in [-0.15, -0.1) is 5.10 Å². The molecule has 148 valence electrons. The first-order valence-electron chi connectivity index (χ1n) is 9.76. The van der Waals surface area contributed by atoms with E-state index < -0.39 is 0 Å². The zero-order chi connectivity index (χ0) is 20.3. The predicted octanol–water partition coefficient (Wildman–Crippen LogP) is 5.80. The molecule has 6 heteroatoms. The van der Waals surface area contributed by atoms with Crippen molar-refractivity contribution in [1.82, 2.24) is 14.6 Å². The summed E-state index contributed by atoms with van der Waals surface area (Å²) in [7, 11) is 0. The van der Waals surface area contributed by atoms with Crippen molar-refractivity contribution in [2.75, 3.05) is 11.9 Å². The summed E-state index contributed by atoms with van der Waals surface area (Å²) in [5.74, 6) is 0.975. The zero-order valence-corrected chi connectivity index (χ0v) is 17.3. The van der Waals surface area contributed by atoms with Crippen molar-refractivity contribution in [3.05, 3.63) is 42.0 Å². The van der Waals surface area contributed by atoms with E-state index >= 15 is 0 Å². The first-order valence-corrected chi connectivity index (χ1v) is 9.76. The van der Waals surface area contributed by atoms with Crippen LogP contribution in [0.1, 0.15) is 46.1 Å². The van der Waals surface area contributed by atoms with E-state index in [-0.39, 0.29) is 5.82 Å². The second kappa shape index (κ2) is 8.50. The highest BCUT2D eigenvalue weighted by atomic mass is 19.1. The van der Waals surface area contributed by atoms with E-state index in [4.69, 9.17) is 0 Å². The number of fused-ring (bicyclic) bond motifs is 1. The summed E-state index contributed by atoms with van der Waals surface area (Å²) >= 11 is 0. The minimum absolute atomic E-state index is 0.320. The molecule has 0 aliphatic heterocycles. The van der Waals surface area contributed by atoms with E-state index in [9.17, 15) is 4.39 Å². The number of aliphatic imine (C=N–C) groups is 1. The van der Waals surface area contributed by atoms with Crippen LogP contribution in [0.5, 0.6) is 0 Å². The highest BCUT2D eigenvalue weighted by Crippen LogP contribution is 2.32. The average Bonchev–Trinajstić information content (AvgIpc) is 3.04. The van der Waals surface area contributed by atoms with Gasteiger partial charge >= 0.3 is 0 Å². The van der Waals surface area contributed by atoms with Crippen molar-refractivity contribution < 1.29 is 4.39 Å². The minimum Gasteiger partial charge on any atom is -0.353 e. The molecule has 0 saturated carbocycles. The van der Waals surface area contributed by atoms with Crippen molar-refractivity contribution in [2.45, 2.75) is 47.5 Å². The molecular weight excluding hydrogens is 353 g/mol. The quantitative estimate of drug-likeness (QED) is 0.415. The lowest BCUT2D eigenvalue weighted by Crippen LogP contribution is -2.08. The third-order valence-electron chi connectivity index (χ3n) is 4.56. The summed E-state index contributed by atoms with van der Waals surface area (Å²) in [5.41, 5.74) is 4.57. The molecule has 3 aromatic rings. The number of hydrogen-bond donors (Lipinski definition) is 1. The molecular formula is C22H28FN5. The summed E-state index contributed by atoms with van der Waals surface area (Å²) in [4.78, 5) is 8.73. The Morgan fingerprint density at radius 1 is 1.29 bits per heavy atom. The topological polar surface area (TPSA) is 54.6 Å². The molecule has 28 heavy (non-hydrogen) atoms. The van der Waals surface area contributed by atoms with Gasteiger partial charge in [-0.2, -0.15) is 0 Å². The Morgan fingerprint density at radius 3 is 2.75 bits per heavy atom. The van der Waals surface area contributed by atoms with Crippen LogP contribution in [-0.2, 0) is 0 Å². The van der Waals surface area contributed by atoms with Gasteiger partial charge in [0, 0.05) is 24.0 Å². The number of anilines is 1. The third kappa shape index (κ3) is 4.55. The molecule has 2 aromatic heterocycles. The van der Waals surface area contributed by atoms with Gasteiger partial charge in [0.1, 0.15) is 11.5 Å². The van der Waals surface area contributed by atoms with E-state index in [1.165, 1.54) is 12.5 Å². The molecule has 0 unspecified atom stereocenters. The zero-order valence-electron chi connectivity index (χ0n) is 17.3. The summed E-state index contributed by atoms with van der Waals surface area (Å²) in [6, 6.07) is 5.43. The highest BCUT2D eigenvalue weighted by molar-refractivity contribution is 5.85. The number of halogens is 1. The van der Waals surface area contributed by atoms with Gasteiger partial charge in [-0.25, -0.2) is 13.9 Å². The summed E-state index contributed by atoms with van der Waals surface area (Å²) < 4.78 is 16.4. The van der Waals surface area contributed by atoms with E-state index in [0.717, 1.165) is 40.9 Å². The van der Waals surface area contributed by atoms with Crippen molar-refractivity contribution >= 4 is 22.9 Å². The molecule has 0 amide bonds. The minimum atomic E-state index is -0.320. The molecule has 3 rings (SSSR count). The lowest BCUT2D eigenvalue weighted by Gasteiger charge is -2.08. The largest absolute Gasteiger partial charge is 0.353 e. The Hall–Kier alpha value is -2.76. The number of nitrogens with one attached hydrogen (secondary N) is 1. The number of benzene rings is 1. The molecule has 1 N–H and O–H groups in total. The predicted molar refractivity (Wildman–Crippen MR) is 114 cm³/mol. The van der Waals surface area contributed by atoms with Crippen LogP contribution in [0.15, 0.2) is 35.6 Å². The molecule has 0 aliphatic carbocycles. The Morgan fingerprint density at radius 2 is 2.07 bits per heavy atom. The fourth-order valence-electron chi connectivity index (χ4n) is 3.19. The van der Waals surface area contributed by atoms with Crippen molar-refractivity contribution in [3.8, 4) is 11.1 Å². The van der Waals surface area contributed by atoms with Crippen molar-refractivity contribution in [3.63, 3.8) is 0 Å². The molecule has 2 heterocycles. The molecule has 0 radical (unpaired) electrons. The van der Waals surface area contributed by atoms with E-state index in [2.05, 4.69) is 34.2 Å². The first-order chi connectivity index (χ1) is 13.3. The normalized spacial score (nSPS) is 11.2. The Labute approximate surface area is 165 Å². The molecule has 0 spiro atoms. The number of rotatable bonds is 7. The van der Waals surface area contributed by atoms with Crippen LogP contribution in [0, 0.1) is 18.7 Å². The van der Waals surface area contributed by atoms with Crippen LogP contribution in [0.4, 0.5) is 16.0 Å². The number of hydrogen-bond acceptors (Lipinski definition) is 4. The van der Waals surface area contributed by atoms with Gasteiger partial charge in [0.25, 0.3) is 0 Å². The average molecular weight is 381 g/mol. The molecule has 0 atom stereocenters. The summed E-state index contributed by atoms with van der Waals surface area (Å²) in [6.07, 6.45) is 5.91. The van der Waals surface area contributed by atoms with Crippen molar-refractivity contribution in [1.29, 1.82) is 0 Å². The molecule has 0 bridgehead atoms. The molecule has 0 aliphatic rings. The molecule has 5 nitrogen and oxygen atoms in total. The van der Waals surface area contributed by atoms with Gasteiger partial charge in [-0.05, 0) is 68.9 Å². The van der Waals surface area contributed by atoms with Crippen LogP contribution >= 0.6 is 0 Å². The van der Waals surface area contributed by atoms with Gasteiger partial charge < -0.3 is 5.32 Å². The lowest BCUT2D eigenvalue weighted by atomic mass is 10.0. The Balaban J connectivity index is 1.86. The lowest BCUT2D eigenvalue weighted by molar-refractivity contribution is 0.566. The number of aromatic nitrogens is 3. The third-order valence-corrected chi connectivity index (χ3v) is 4.56. The van der Waals surface area contributed by atoms with Gasteiger partial charge in [-0.1, -0.05) is 13.8 Å². The highest BCUT2D eigenvalue weighted by Gasteiger charge is 2.13. The maximum absolute atomic E-state index is 14.6. The number of aryl methyl sites for hydroxylation is 1. The Kier molecular flexibility index (Phi) is 6.07. The van der Waals surface area contributed by atoms with Crippen LogP contribution < -0.4 is 5.32 Å². The van der Waals surface area contributed by atoms with Gasteiger partial charge in [-0.3, -0.25) is 4.99 Å². The van der Waals surface area contributed by atoms with Crippen LogP contribution in [0.25, 0.3) is 16.6 Å². The van der Waals surface area contributed by atoms with E-state index in [1.807, 2.05) is 39.1 Å². The summed E-state index contributed by atoms with van der Waals surface area (Å²) in [6.45, 7) is 10.9. The maximum Gasteiger partial charge on any atom is 0.240 e. The van der Waals surface area contributed by atoms with Crippen molar-refractivity contribution in [2.24, 2.45) is 10.9 Å². The fourth-order valence-corrected chi connectivity index (χ4v) is 3.19. The van der Waals surface area contributed by atoms with Gasteiger partial charge in [0.15, 0.2) is 0 Å².